The molecule has 1 fully saturated rings. The summed E-state index contributed by atoms with van der Waals surface area (Å²) in [6.45, 7) is 0.634. The maximum absolute atomic E-state index is 13.2. The van der Waals surface area contributed by atoms with Gasteiger partial charge in [-0.15, -0.1) is 0 Å². The Kier molecular flexibility index (Phi) is 6.04. The molecule has 1 saturated heterocycles. The number of nitro groups is 1. The van der Waals surface area contributed by atoms with E-state index >= 15 is 0 Å². The number of hydrogen-bond donors (Lipinski definition) is 0. The third kappa shape index (κ3) is 4.84. The lowest BCUT2D eigenvalue weighted by atomic mass is 10.2. The number of hydrogen-bond acceptors (Lipinski definition) is 5. The molecule has 152 valence electrons. The van der Waals surface area contributed by atoms with Crippen LogP contribution in [-0.2, 0) is 14.8 Å². The van der Waals surface area contributed by atoms with Gasteiger partial charge in [0.1, 0.15) is 5.82 Å². The third-order valence-corrected chi connectivity index (χ3v) is 6.42. The van der Waals surface area contributed by atoms with Crippen molar-refractivity contribution in [2.75, 3.05) is 26.2 Å². The molecule has 0 aliphatic carbocycles. The Morgan fingerprint density at radius 2 is 1.72 bits per heavy atom. The maximum atomic E-state index is 13.2. The summed E-state index contributed by atoms with van der Waals surface area (Å²) in [5.74, 6) is -0.689. The average molecular weight is 419 g/mol. The Hall–Kier alpha value is -3.11. The Morgan fingerprint density at radius 1 is 1.07 bits per heavy atom. The highest BCUT2D eigenvalue weighted by atomic mass is 32.2. The van der Waals surface area contributed by atoms with Crippen LogP contribution in [0.25, 0.3) is 6.08 Å². The van der Waals surface area contributed by atoms with Gasteiger partial charge in [0, 0.05) is 44.4 Å². The second-order valence-corrected chi connectivity index (χ2v) is 8.31. The van der Waals surface area contributed by atoms with Crippen molar-refractivity contribution in [1.29, 1.82) is 0 Å². The van der Waals surface area contributed by atoms with Crippen LogP contribution in [0.3, 0.4) is 0 Å². The van der Waals surface area contributed by atoms with E-state index in [9.17, 15) is 27.7 Å². The number of non-ortho nitro benzene ring substituents is 1. The Labute approximate surface area is 167 Å². The molecular formula is C19H18FN3O5S. The van der Waals surface area contributed by atoms with Crippen molar-refractivity contribution in [2.24, 2.45) is 0 Å². The molecular weight excluding hydrogens is 401 g/mol. The highest BCUT2D eigenvalue weighted by molar-refractivity contribution is 7.89. The fourth-order valence-corrected chi connectivity index (χ4v) is 4.34. The van der Waals surface area contributed by atoms with Crippen molar-refractivity contribution in [3.05, 3.63) is 76.1 Å². The van der Waals surface area contributed by atoms with Crippen LogP contribution in [-0.4, -0.2) is 54.6 Å². The largest absolute Gasteiger partial charge is 0.337 e. The van der Waals surface area contributed by atoms with Crippen molar-refractivity contribution >= 4 is 27.7 Å². The highest BCUT2D eigenvalue weighted by Gasteiger charge is 2.29. The highest BCUT2D eigenvalue weighted by Crippen LogP contribution is 2.21. The van der Waals surface area contributed by atoms with E-state index in [1.54, 1.807) is 12.1 Å². The third-order valence-electron chi connectivity index (χ3n) is 4.50. The van der Waals surface area contributed by atoms with Gasteiger partial charge in [-0.2, -0.15) is 4.31 Å². The molecule has 2 aromatic rings. The summed E-state index contributed by atoms with van der Waals surface area (Å²) >= 11 is 0. The first-order chi connectivity index (χ1) is 13.8. The van der Waals surface area contributed by atoms with E-state index in [1.807, 2.05) is 0 Å². The molecule has 1 amide bonds. The summed E-state index contributed by atoms with van der Waals surface area (Å²) in [6.07, 6.45) is 2.83. The van der Waals surface area contributed by atoms with Gasteiger partial charge in [0.15, 0.2) is 0 Å². The Balaban J connectivity index is 1.61. The topological polar surface area (TPSA) is 101 Å². The van der Waals surface area contributed by atoms with Gasteiger partial charge >= 0.3 is 0 Å². The minimum absolute atomic E-state index is 0.0334. The van der Waals surface area contributed by atoms with Crippen molar-refractivity contribution in [1.82, 2.24) is 9.21 Å². The maximum Gasteiger partial charge on any atom is 0.269 e. The molecule has 8 nitrogen and oxygen atoms in total. The zero-order chi connectivity index (χ0) is 21.0. The zero-order valence-corrected chi connectivity index (χ0v) is 16.1. The number of rotatable bonds is 5. The zero-order valence-electron chi connectivity index (χ0n) is 15.3. The predicted octanol–water partition coefficient (Wildman–Crippen LogP) is 2.28. The van der Waals surface area contributed by atoms with Crippen LogP contribution in [0.5, 0.6) is 0 Å². The van der Waals surface area contributed by atoms with Crippen LogP contribution in [0, 0.1) is 15.9 Å². The number of amides is 1. The molecule has 0 bridgehead atoms. The number of halogens is 1. The SMILES string of the molecule is O=C(C=Cc1cccc(F)c1)N1CCN(S(=O)(=O)c2ccc([N+](=O)[O-])cc2)CC1. The second kappa shape index (κ2) is 8.50. The number of carbonyl (C=O) groups is 1. The van der Waals surface area contributed by atoms with Crippen LogP contribution in [0.2, 0.25) is 0 Å². The van der Waals surface area contributed by atoms with Gasteiger partial charge in [-0.25, -0.2) is 12.8 Å². The smallest absolute Gasteiger partial charge is 0.269 e. The number of piperazine rings is 1. The van der Waals surface area contributed by atoms with Gasteiger partial charge in [0.2, 0.25) is 15.9 Å². The van der Waals surface area contributed by atoms with E-state index in [4.69, 9.17) is 0 Å². The van der Waals surface area contributed by atoms with Crippen molar-refractivity contribution in [3.63, 3.8) is 0 Å². The van der Waals surface area contributed by atoms with Gasteiger partial charge in [0.25, 0.3) is 5.69 Å². The molecule has 2 aromatic carbocycles. The summed E-state index contributed by atoms with van der Waals surface area (Å²) in [6, 6.07) is 10.5. The molecule has 1 aliphatic heterocycles. The lowest BCUT2D eigenvalue weighted by Gasteiger charge is -2.33. The van der Waals surface area contributed by atoms with E-state index in [0.717, 1.165) is 12.1 Å². The van der Waals surface area contributed by atoms with Crippen LogP contribution >= 0.6 is 0 Å². The van der Waals surface area contributed by atoms with E-state index in [2.05, 4.69) is 0 Å². The lowest BCUT2D eigenvalue weighted by molar-refractivity contribution is -0.384. The lowest BCUT2D eigenvalue weighted by Crippen LogP contribution is -2.50. The van der Waals surface area contributed by atoms with Gasteiger partial charge < -0.3 is 4.90 Å². The fraction of sp³-hybridized carbons (Fsp3) is 0.211. The van der Waals surface area contributed by atoms with E-state index in [0.29, 0.717) is 5.56 Å². The quantitative estimate of drug-likeness (QED) is 0.420. The fourth-order valence-electron chi connectivity index (χ4n) is 2.92. The molecule has 0 atom stereocenters. The predicted molar refractivity (Wildman–Crippen MR) is 104 cm³/mol. The van der Waals surface area contributed by atoms with Gasteiger partial charge in [-0.1, -0.05) is 12.1 Å². The van der Waals surface area contributed by atoms with Crippen molar-refractivity contribution in [2.45, 2.75) is 4.90 Å². The van der Waals surface area contributed by atoms with Crippen LogP contribution in [0.4, 0.5) is 10.1 Å². The van der Waals surface area contributed by atoms with E-state index < -0.39 is 20.8 Å². The van der Waals surface area contributed by atoms with E-state index in [1.165, 1.54) is 45.6 Å². The van der Waals surface area contributed by atoms with Crippen LogP contribution < -0.4 is 0 Å². The summed E-state index contributed by atoms with van der Waals surface area (Å²) in [5, 5.41) is 10.7. The molecule has 0 unspecified atom stereocenters. The monoisotopic (exact) mass is 419 g/mol. The minimum atomic E-state index is -3.80. The number of sulfonamides is 1. The first-order valence-corrected chi connectivity index (χ1v) is 10.2. The summed E-state index contributed by atoms with van der Waals surface area (Å²) < 4.78 is 39.8. The van der Waals surface area contributed by atoms with Gasteiger partial charge in [-0.05, 0) is 35.9 Å². The van der Waals surface area contributed by atoms with Gasteiger partial charge in [-0.3, -0.25) is 14.9 Å². The molecule has 1 heterocycles. The van der Waals surface area contributed by atoms with Crippen LogP contribution in [0.1, 0.15) is 5.56 Å². The number of nitrogens with zero attached hydrogens (tertiary/aromatic N) is 3. The van der Waals surface area contributed by atoms with Crippen molar-refractivity contribution in [3.8, 4) is 0 Å². The first-order valence-electron chi connectivity index (χ1n) is 8.74. The molecule has 29 heavy (non-hydrogen) atoms. The van der Waals surface area contributed by atoms with E-state index in [-0.39, 0.29) is 42.7 Å². The molecule has 0 radical (unpaired) electrons. The molecule has 0 aromatic heterocycles. The molecule has 3 rings (SSSR count). The van der Waals surface area contributed by atoms with Crippen LogP contribution in [0.15, 0.2) is 59.5 Å². The van der Waals surface area contributed by atoms with Gasteiger partial charge in [0.05, 0.1) is 9.82 Å². The molecule has 0 saturated carbocycles. The average Bonchev–Trinajstić information content (AvgIpc) is 2.72. The minimum Gasteiger partial charge on any atom is -0.337 e. The second-order valence-electron chi connectivity index (χ2n) is 6.37. The standard InChI is InChI=1S/C19H18FN3O5S/c20-16-3-1-2-15(14-16)4-9-19(24)21-10-12-22(13-11-21)29(27,28)18-7-5-17(6-8-18)23(25)26/h1-9,14H,10-13H2. The van der Waals surface area contributed by atoms with Crippen molar-refractivity contribution < 1.29 is 22.5 Å². The normalized spacial score (nSPS) is 15.6. The first kappa shape index (κ1) is 20.6. The summed E-state index contributed by atoms with van der Waals surface area (Å²) in [5.41, 5.74) is 0.363. The molecule has 0 spiro atoms. The Bertz CT molecular complexity index is 1050. The Morgan fingerprint density at radius 3 is 2.31 bits per heavy atom. The molecule has 0 N–H and O–H groups in total. The molecule has 1 aliphatic rings. The summed E-state index contributed by atoms with van der Waals surface area (Å²) in [7, 11) is -3.80. The molecule has 10 heteroatoms. The number of nitro benzene ring substituents is 1. The number of benzene rings is 2. The summed E-state index contributed by atoms with van der Waals surface area (Å²) in [4.78, 5) is 23.9. The number of carbonyl (C=O) groups excluding carboxylic acids is 1.